The Morgan fingerprint density at radius 3 is 2.43 bits per heavy atom. The van der Waals surface area contributed by atoms with Gasteiger partial charge in [0, 0.05) is 0 Å². The van der Waals surface area contributed by atoms with Gasteiger partial charge >= 0.3 is 5.97 Å². The molecular formula is C10H14O4. The molecule has 0 amide bonds. The molecule has 0 N–H and O–H groups in total. The molecule has 0 aromatic rings. The summed E-state index contributed by atoms with van der Waals surface area (Å²) in [5.41, 5.74) is -1.10. The molecule has 1 saturated heterocycles. The fourth-order valence-corrected chi connectivity index (χ4v) is 1.66. The van der Waals surface area contributed by atoms with E-state index in [9.17, 15) is 14.4 Å². The van der Waals surface area contributed by atoms with E-state index in [4.69, 9.17) is 4.74 Å². The predicted molar refractivity (Wildman–Crippen MR) is 48.6 cm³/mol. The van der Waals surface area contributed by atoms with Crippen LogP contribution in [-0.4, -0.2) is 23.1 Å². The molecule has 4 nitrogen and oxygen atoms in total. The summed E-state index contributed by atoms with van der Waals surface area (Å²) in [7, 11) is 0. The summed E-state index contributed by atoms with van der Waals surface area (Å²) in [4.78, 5) is 33.4. The lowest BCUT2D eigenvalue weighted by molar-refractivity contribution is -0.177. The number of hydrogen-bond donors (Lipinski definition) is 0. The largest absolute Gasteiger partial charge is 0.446 e. The third kappa shape index (κ3) is 2.00. The van der Waals surface area contributed by atoms with Gasteiger partial charge in [0.2, 0.25) is 5.78 Å². The SMILES string of the molecule is CC(C)CC1(C)OC(=O)C(=O)CC1=O. The van der Waals surface area contributed by atoms with E-state index in [1.807, 2.05) is 13.8 Å². The number of esters is 1. The molecule has 4 heteroatoms. The minimum atomic E-state index is -1.10. The van der Waals surface area contributed by atoms with E-state index in [1.54, 1.807) is 6.92 Å². The Bertz CT molecular complexity index is 292. The van der Waals surface area contributed by atoms with Crippen LogP contribution in [0.3, 0.4) is 0 Å². The molecule has 0 aliphatic carbocycles. The van der Waals surface area contributed by atoms with Crippen LogP contribution in [0, 0.1) is 5.92 Å². The Balaban J connectivity index is 2.83. The molecule has 1 atom stereocenters. The zero-order chi connectivity index (χ0) is 10.9. The van der Waals surface area contributed by atoms with Crippen molar-refractivity contribution in [3.05, 3.63) is 0 Å². The number of hydrogen-bond acceptors (Lipinski definition) is 4. The Morgan fingerprint density at radius 2 is 1.93 bits per heavy atom. The van der Waals surface area contributed by atoms with Crippen LogP contribution in [0.25, 0.3) is 0 Å². The molecule has 0 aromatic heterocycles. The van der Waals surface area contributed by atoms with Crippen molar-refractivity contribution in [2.24, 2.45) is 5.92 Å². The van der Waals surface area contributed by atoms with E-state index in [0.717, 1.165) is 0 Å². The molecule has 14 heavy (non-hydrogen) atoms. The van der Waals surface area contributed by atoms with Gasteiger partial charge in [-0.2, -0.15) is 0 Å². The minimum absolute atomic E-state index is 0.241. The van der Waals surface area contributed by atoms with Crippen LogP contribution >= 0.6 is 0 Å². The number of carbonyl (C=O) groups excluding carboxylic acids is 3. The zero-order valence-electron chi connectivity index (χ0n) is 8.62. The summed E-state index contributed by atoms with van der Waals surface area (Å²) in [6.45, 7) is 5.44. The zero-order valence-corrected chi connectivity index (χ0v) is 8.62. The topological polar surface area (TPSA) is 60.4 Å². The molecule has 1 aliphatic heterocycles. The second-order valence-corrected chi connectivity index (χ2v) is 4.24. The van der Waals surface area contributed by atoms with E-state index in [-0.39, 0.29) is 18.1 Å². The number of cyclic esters (lactones) is 1. The Labute approximate surface area is 82.6 Å². The summed E-state index contributed by atoms with van der Waals surface area (Å²) in [5.74, 6) is -1.68. The van der Waals surface area contributed by atoms with Gasteiger partial charge in [0.1, 0.15) is 0 Å². The van der Waals surface area contributed by atoms with Crippen LogP contribution in [-0.2, 0) is 19.1 Å². The van der Waals surface area contributed by atoms with Crippen LogP contribution in [0.4, 0.5) is 0 Å². The van der Waals surface area contributed by atoms with Gasteiger partial charge in [-0.1, -0.05) is 13.8 Å². The molecule has 1 aliphatic rings. The maximum absolute atomic E-state index is 11.5. The lowest BCUT2D eigenvalue weighted by Crippen LogP contribution is -2.49. The molecule has 0 saturated carbocycles. The Kier molecular flexibility index (Phi) is 2.73. The van der Waals surface area contributed by atoms with E-state index in [1.165, 1.54) is 0 Å². The average molecular weight is 198 g/mol. The molecule has 0 aromatic carbocycles. The molecule has 0 spiro atoms. The maximum Gasteiger partial charge on any atom is 0.376 e. The van der Waals surface area contributed by atoms with Crippen LogP contribution in [0.2, 0.25) is 0 Å². The molecule has 1 unspecified atom stereocenters. The summed E-state index contributed by atoms with van der Waals surface area (Å²) < 4.78 is 4.87. The highest BCUT2D eigenvalue weighted by Crippen LogP contribution is 2.27. The Hall–Kier alpha value is -1.19. The molecule has 1 fully saturated rings. The van der Waals surface area contributed by atoms with Crippen molar-refractivity contribution >= 4 is 17.5 Å². The van der Waals surface area contributed by atoms with E-state index in [0.29, 0.717) is 6.42 Å². The fourth-order valence-electron chi connectivity index (χ4n) is 1.66. The summed E-state index contributed by atoms with van der Waals surface area (Å²) in [5, 5.41) is 0. The van der Waals surface area contributed by atoms with Gasteiger partial charge in [-0.05, 0) is 19.3 Å². The standard InChI is InChI=1S/C10H14O4/c1-6(2)5-10(3)8(12)4-7(11)9(13)14-10/h6H,4-5H2,1-3H3. The van der Waals surface area contributed by atoms with Crippen molar-refractivity contribution in [2.75, 3.05) is 0 Å². The molecule has 1 rings (SSSR count). The van der Waals surface area contributed by atoms with Gasteiger partial charge in [0.05, 0.1) is 6.42 Å². The summed E-state index contributed by atoms with van der Waals surface area (Å²) >= 11 is 0. The lowest BCUT2D eigenvalue weighted by atomic mass is 9.86. The third-order valence-electron chi connectivity index (χ3n) is 2.25. The second kappa shape index (κ2) is 3.52. The van der Waals surface area contributed by atoms with Gasteiger partial charge in [0.15, 0.2) is 11.4 Å². The highest BCUT2D eigenvalue weighted by Gasteiger charge is 2.44. The first kappa shape index (κ1) is 10.9. The van der Waals surface area contributed by atoms with Gasteiger partial charge in [0.25, 0.3) is 0 Å². The highest BCUT2D eigenvalue weighted by atomic mass is 16.6. The Morgan fingerprint density at radius 1 is 1.36 bits per heavy atom. The highest BCUT2D eigenvalue weighted by molar-refractivity contribution is 6.39. The molecule has 78 valence electrons. The van der Waals surface area contributed by atoms with Crippen molar-refractivity contribution in [3.63, 3.8) is 0 Å². The first-order valence-electron chi connectivity index (χ1n) is 4.64. The summed E-state index contributed by atoms with van der Waals surface area (Å²) in [6.07, 6.45) is 0.146. The van der Waals surface area contributed by atoms with Crippen LogP contribution in [0.1, 0.15) is 33.6 Å². The quantitative estimate of drug-likeness (QED) is 0.375. The minimum Gasteiger partial charge on any atom is -0.446 e. The number of ketones is 2. The molecule has 0 radical (unpaired) electrons. The number of Topliss-reactive ketones (excluding diaryl/α,β-unsaturated/α-hetero) is 2. The van der Waals surface area contributed by atoms with E-state index >= 15 is 0 Å². The summed E-state index contributed by atoms with van der Waals surface area (Å²) in [6, 6.07) is 0. The lowest BCUT2D eigenvalue weighted by Gasteiger charge is -2.32. The number of rotatable bonds is 2. The van der Waals surface area contributed by atoms with Crippen molar-refractivity contribution in [1.29, 1.82) is 0 Å². The van der Waals surface area contributed by atoms with Crippen LogP contribution < -0.4 is 0 Å². The van der Waals surface area contributed by atoms with Crippen molar-refractivity contribution in [1.82, 2.24) is 0 Å². The van der Waals surface area contributed by atoms with Crippen molar-refractivity contribution in [3.8, 4) is 0 Å². The van der Waals surface area contributed by atoms with E-state index < -0.39 is 17.4 Å². The maximum atomic E-state index is 11.5. The normalized spacial score (nSPS) is 28.1. The first-order valence-corrected chi connectivity index (χ1v) is 4.64. The van der Waals surface area contributed by atoms with Gasteiger partial charge in [-0.15, -0.1) is 0 Å². The average Bonchev–Trinajstić information content (AvgIpc) is 1.99. The van der Waals surface area contributed by atoms with Gasteiger partial charge in [-0.25, -0.2) is 4.79 Å². The fraction of sp³-hybridized carbons (Fsp3) is 0.700. The van der Waals surface area contributed by atoms with Gasteiger partial charge < -0.3 is 4.74 Å². The smallest absolute Gasteiger partial charge is 0.376 e. The van der Waals surface area contributed by atoms with E-state index in [2.05, 4.69) is 0 Å². The number of carbonyl (C=O) groups is 3. The van der Waals surface area contributed by atoms with Crippen LogP contribution in [0.15, 0.2) is 0 Å². The first-order chi connectivity index (χ1) is 6.35. The number of ether oxygens (including phenoxy) is 1. The van der Waals surface area contributed by atoms with Crippen molar-refractivity contribution < 1.29 is 19.1 Å². The van der Waals surface area contributed by atoms with Gasteiger partial charge in [-0.3, -0.25) is 9.59 Å². The predicted octanol–water partition coefficient (Wildman–Crippen LogP) is 0.876. The second-order valence-electron chi connectivity index (χ2n) is 4.24. The van der Waals surface area contributed by atoms with Crippen LogP contribution in [0.5, 0.6) is 0 Å². The molecule has 0 bridgehead atoms. The molecular weight excluding hydrogens is 184 g/mol. The third-order valence-corrected chi connectivity index (χ3v) is 2.25. The van der Waals surface area contributed by atoms with Crippen molar-refractivity contribution in [2.45, 2.75) is 39.2 Å². The monoisotopic (exact) mass is 198 g/mol. The molecule has 1 heterocycles.